The fourth-order valence-electron chi connectivity index (χ4n) is 4.28. The molecule has 0 fully saturated rings. The number of benzene rings is 1. The number of amides is 2. The predicted octanol–water partition coefficient (Wildman–Crippen LogP) is 5.94. The quantitative estimate of drug-likeness (QED) is 0.399. The molecule has 0 bridgehead atoms. The molecule has 0 radical (unpaired) electrons. The van der Waals surface area contributed by atoms with Crippen LogP contribution in [0.1, 0.15) is 72.1 Å². The van der Waals surface area contributed by atoms with Crippen LogP contribution in [0.15, 0.2) is 53.1 Å². The van der Waals surface area contributed by atoms with Crippen LogP contribution < -0.4 is 0 Å². The number of rotatable bonds is 12. The second-order valence-corrected chi connectivity index (χ2v) is 10.5. The topological polar surface area (TPSA) is 53.8 Å². The van der Waals surface area contributed by atoms with Crippen molar-refractivity contribution in [2.45, 2.75) is 79.8 Å². The van der Waals surface area contributed by atoms with Gasteiger partial charge in [-0.05, 0) is 55.2 Å². The zero-order valence-corrected chi connectivity index (χ0v) is 21.3. The second-order valence-electron chi connectivity index (χ2n) is 10.5. The highest BCUT2D eigenvalue weighted by Gasteiger charge is 2.27. The molecular weight excluding hydrogens is 412 g/mol. The molecule has 0 aliphatic heterocycles. The van der Waals surface area contributed by atoms with Crippen molar-refractivity contribution >= 4 is 11.8 Å². The van der Waals surface area contributed by atoms with E-state index in [-0.39, 0.29) is 35.7 Å². The third-order valence-corrected chi connectivity index (χ3v) is 6.03. The first kappa shape index (κ1) is 26.7. The van der Waals surface area contributed by atoms with Gasteiger partial charge < -0.3 is 14.2 Å². The van der Waals surface area contributed by atoms with Gasteiger partial charge in [0.05, 0.1) is 12.8 Å². The summed E-state index contributed by atoms with van der Waals surface area (Å²) in [5.41, 5.74) is 1.36. The van der Waals surface area contributed by atoms with Gasteiger partial charge in [-0.3, -0.25) is 9.59 Å². The predicted molar refractivity (Wildman–Crippen MR) is 134 cm³/mol. The van der Waals surface area contributed by atoms with Crippen LogP contribution in [0, 0.1) is 11.3 Å². The van der Waals surface area contributed by atoms with Gasteiger partial charge in [0.2, 0.25) is 11.8 Å². The monoisotopic (exact) mass is 454 g/mol. The molecule has 182 valence electrons. The van der Waals surface area contributed by atoms with Gasteiger partial charge in [-0.25, -0.2) is 0 Å². The van der Waals surface area contributed by atoms with E-state index in [9.17, 15) is 9.59 Å². The van der Waals surface area contributed by atoms with Crippen molar-refractivity contribution in [3.05, 3.63) is 60.1 Å². The van der Waals surface area contributed by atoms with Crippen molar-refractivity contribution in [3.8, 4) is 0 Å². The molecule has 0 N–H and O–H groups in total. The molecule has 33 heavy (non-hydrogen) atoms. The Bertz CT molecular complexity index is 840. The minimum atomic E-state index is -0.0422. The maximum Gasteiger partial charge on any atom is 0.242 e. The largest absolute Gasteiger partial charge is 0.467 e. The van der Waals surface area contributed by atoms with Gasteiger partial charge in [0.15, 0.2) is 0 Å². The van der Waals surface area contributed by atoms with Gasteiger partial charge >= 0.3 is 0 Å². The van der Waals surface area contributed by atoms with E-state index in [0.29, 0.717) is 19.5 Å². The molecule has 2 amide bonds. The van der Waals surface area contributed by atoms with Crippen LogP contribution in [-0.4, -0.2) is 40.7 Å². The summed E-state index contributed by atoms with van der Waals surface area (Å²) in [6, 6.07) is 13.9. The van der Waals surface area contributed by atoms with Crippen LogP contribution in [-0.2, 0) is 22.6 Å². The average molecular weight is 455 g/mol. The summed E-state index contributed by atoms with van der Waals surface area (Å²) in [5.74, 6) is 1.04. The molecule has 5 nitrogen and oxygen atoms in total. The molecule has 1 heterocycles. The Labute approximate surface area is 200 Å². The van der Waals surface area contributed by atoms with Crippen LogP contribution in [0.4, 0.5) is 0 Å². The Hall–Kier alpha value is -2.56. The van der Waals surface area contributed by atoms with Crippen molar-refractivity contribution in [1.82, 2.24) is 9.80 Å². The highest BCUT2D eigenvalue weighted by Crippen LogP contribution is 2.26. The van der Waals surface area contributed by atoms with Gasteiger partial charge in [-0.15, -0.1) is 0 Å². The van der Waals surface area contributed by atoms with Gasteiger partial charge in [0.25, 0.3) is 0 Å². The van der Waals surface area contributed by atoms with E-state index < -0.39 is 0 Å². The van der Waals surface area contributed by atoms with Crippen LogP contribution in [0.25, 0.3) is 0 Å². The van der Waals surface area contributed by atoms with E-state index in [4.69, 9.17) is 4.42 Å². The number of nitrogens with zero attached hydrogens (tertiary/aromatic N) is 2. The fraction of sp³-hybridized carbons (Fsp3) is 0.571. The van der Waals surface area contributed by atoms with Crippen LogP contribution >= 0.6 is 0 Å². The van der Waals surface area contributed by atoms with E-state index in [0.717, 1.165) is 25.0 Å². The molecule has 2 atom stereocenters. The Morgan fingerprint density at radius 1 is 1.00 bits per heavy atom. The molecule has 0 aliphatic carbocycles. The lowest BCUT2D eigenvalue weighted by molar-refractivity contribution is -0.143. The molecule has 5 heteroatoms. The van der Waals surface area contributed by atoms with Gasteiger partial charge in [-0.1, -0.05) is 65.0 Å². The third-order valence-electron chi connectivity index (χ3n) is 6.03. The Kier molecular flexibility index (Phi) is 10.2. The first-order valence-electron chi connectivity index (χ1n) is 12.2. The van der Waals surface area contributed by atoms with Crippen LogP contribution in [0.5, 0.6) is 0 Å². The summed E-state index contributed by atoms with van der Waals surface area (Å²) in [5, 5.41) is 0. The average Bonchev–Trinajstić information content (AvgIpc) is 3.26. The molecule has 0 unspecified atom stereocenters. The van der Waals surface area contributed by atoms with Crippen molar-refractivity contribution in [2.24, 2.45) is 11.3 Å². The van der Waals surface area contributed by atoms with Crippen molar-refractivity contribution in [2.75, 3.05) is 13.1 Å². The number of carbonyl (C=O) groups excluding carboxylic acids is 2. The smallest absolute Gasteiger partial charge is 0.242 e. The van der Waals surface area contributed by atoms with Crippen molar-refractivity contribution in [3.63, 3.8) is 0 Å². The molecule has 0 saturated heterocycles. The minimum absolute atomic E-state index is 0.0165. The second kappa shape index (κ2) is 12.6. The lowest BCUT2D eigenvalue weighted by atomic mass is 9.84. The maximum atomic E-state index is 13.4. The van der Waals surface area contributed by atoms with Gasteiger partial charge in [0, 0.05) is 19.0 Å². The normalized spacial score (nSPS) is 13.4. The molecular formula is C28H42N2O3. The molecule has 2 rings (SSSR count). The highest BCUT2D eigenvalue weighted by molar-refractivity contribution is 5.85. The Morgan fingerprint density at radius 3 is 2.27 bits per heavy atom. The summed E-state index contributed by atoms with van der Waals surface area (Å²) in [6.45, 7) is 13.9. The van der Waals surface area contributed by atoms with Gasteiger partial charge in [-0.2, -0.15) is 0 Å². The molecule has 0 spiro atoms. The van der Waals surface area contributed by atoms with E-state index in [1.165, 1.54) is 5.56 Å². The van der Waals surface area contributed by atoms with Gasteiger partial charge in [0.1, 0.15) is 12.3 Å². The van der Waals surface area contributed by atoms with Crippen LogP contribution in [0.2, 0.25) is 0 Å². The molecule has 1 aromatic heterocycles. The SMILES string of the molecule is CC[C@@H](C)N(CC(=O)N(CCc1ccccc1)Cc1ccco1)C(=O)C[C@@H](C)CC(C)(C)C. The van der Waals surface area contributed by atoms with Crippen LogP contribution in [0.3, 0.4) is 0 Å². The van der Waals surface area contributed by atoms with Crippen molar-refractivity contribution < 1.29 is 14.0 Å². The van der Waals surface area contributed by atoms with E-state index in [2.05, 4.69) is 46.8 Å². The number of furan rings is 1. The van der Waals surface area contributed by atoms with E-state index in [1.807, 2.05) is 42.2 Å². The lowest BCUT2D eigenvalue weighted by Gasteiger charge is -2.32. The molecule has 0 aliphatic rings. The summed E-state index contributed by atoms with van der Waals surface area (Å²) >= 11 is 0. The minimum Gasteiger partial charge on any atom is -0.467 e. The summed E-state index contributed by atoms with van der Waals surface area (Å²) < 4.78 is 5.51. The van der Waals surface area contributed by atoms with E-state index >= 15 is 0 Å². The first-order valence-corrected chi connectivity index (χ1v) is 12.2. The molecule has 2 aromatic rings. The number of hydrogen-bond donors (Lipinski definition) is 0. The van der Waals surface area contributed by atoms with E-state index in [1.54, 1.807) is 11.2 Å². The number of hydrogen-bond acceptors (Lipinski definition) is 3. The summed E-state index contributed by atoms with van der Waals surface area (Å²) in [4.78, 5) is 30.3. The Morgan fingerprint density at radius 2 is 1.70 bits per heavy atom. The standard InChI is InChI=1S/C28H42N2O3/c1-7-23(3)30(26(31)18-22(2)19-28(4,5)6)21-27(32)29(20-25-14-11-17-33-25)16-15-24-12-9-8-10-13-24/h8-14,17,22-23H,7,15-16,18-21H2,1-6H3/t22-,23-/m1/s1. The third kappa shape index (κ3) is 9.45. The fourth-order valence-corrected chi connectivity index (χ4v) is 4.28. The molecule has 0 saturated carbocycles. The van der Waals surface area contributed by atoms with Crippen molar-refractivity contribution in [1.29, 1.82) is 0 Å². The zero-order valence-electron chi connectivity index (χ0n) is 21.3. The Balaban J connectivity index is 2.10. The number of carbonyl (C=O) groups is 2. The first-order chi connectivity index (χ1) is 15.6. The summed E-state index contributed by atoms with van der Waals surface area (Å²) in [7, 11) is 0. The zero-order chi connectivity index (χ0) is 24.4. The maximum absolute atomic E-state index is 13.4. The molecule has 1 aromatic carbocycles. The highest BCUT2D eigenvalue weighted by atomic mass is 16.3. The summed E-state index contributed by atoms with van der Waals surface area (Å²) in [6.07, 6.45) is 4.64. The lowest BCUT2D eigenvalue weighted by Crippen LogP contribution is -2.47.